The molecule has 1 aliphatic heterocycles. The van der Waals surface area contributed by atoms with Crippen molar-refractivity contribution in [2.45, 2.75) is 13.5 Å². The lowest BCUT2D eigenvalue weighted by Crippen LogP contribution is -2.50. The zero-order valence-corrected chi connectivity index (χ0v) is 16.7. The number of amidine groups is 1. The van der Waals surface area contributed by atoms with Gasteiger partial charge in [-0.25, -0.2) is 4.79 Å². The fourth-order valence-corrected chi connectivity index (χ4v) is 3.24. The largest absolute Gasteiger partial charge is 0.460 e. The molecule has 0 amide bonds. The van der Waals surface area contributed by atoms with Gasteiger partial charge in [0.2, 0.25) is 5.84 Å². The number of hydrazone groups is 1. The Labute approximate surface area is 170 Å². The van der Waals surface area contributed by atoms with Gasteiger partial charge in [-0.2, -0.15) is 0 Å². The maximum atomic E-state index is 12.4. The smallest absolute Gasteiger partial charge is 0.375 e. The van der Waals surface area contributed by atoms with Crippen LogP contribution in [-0.2, 0) is 16.1 Å². The molecule has 6 nitrogen and oxygen atoms in total. The SMILES string of the molecule is CCOC(=O)/C(=N/Nc1ccccc1Cl)N1CCN(Cc2ccccc2)CC1. The molecule has 0 unspecified atom stereocenters. The molecule has 0 radical (unpaired) electrons. The van der Waals surface area contributed by atoms with E-state index in [9.17, 15) is 4.79 Å². The number of piperazine rings is 1. The minimum atomic E-state index is -0.432. The minimum Gasteiger partial charge on any atom is -0.460 e. The van der Waals surface area contributed by atoms with Gasteiger partial charge in [-0.1, -0.05) is 54.1 Å². The lowest BCUT2D eigenvalue weighted by Gasteiger charge is -2.35. The molecular formula is C21H25ClN4O2. The molecule has 28 heavy (non-hydrogen) atoms. The number of nitrogens with one attached hydrogen (secondary N) is 1. The second-order valence-corrected chi connectivity index (χ2v) is 6.90. The fraction of sp³-hybridized carbons (Fsp3) is 0.333. The number of esters is 1. The monoisotopic (exact) mass is 400 g/mol. The molecule has 3 rings (SSSR count). The van der Waals surface area contributed by atoms with Crippen molar-refractivity contribution in [3.8, 4) is 0 Å². The topological polar surface area (TPSA) is 57.2 Å². The van der Waals surface area contributed by atoms with Gasteiger partial charge in [0.1, 0.15) is 0 Å². The van der Waals surface area contributed by atoms with Gasteiger partial charge in [0.05, 0.1) is 17.3 Å². The van der Waals surface area contributed by atoms with E-state index in [4.69, 9.17) is 16.3 Å². The number of carbonyl (C=O) groups is 1. The number of hydrogen-bond donors (Lipinski definition) is 1. The first-order chi connectivity index (χ1) is 13.7. The van der Waals surface area contributed by atoms with Crippen molar-refractivity contribution < 1.29 is 9.53 Å². The van der Waals surface area contributed by atoms with Crippen molar-refractivity contribution in [2.75, 3.05) is 38.2 Å². The first-order valence-electron chi connectivity index (χ1n) is 9.44. The van der Waals surface area contributed by atoms with Crippen LogP contribution in [0.4, 0.5) is 5.69 Å². The molecule has 1 aliphatic rings. The molecule has 1 heterocycles. The maximum absolute atomic E-state index is 12.4. The predicted octanol–water partition coefficient (Wildman–Crippen LogP) is 3.45. The third-order valence-electron chi connectivity index (χ3n) is 4.53. The summed E-state index contributed by atoms with van der Waals surface area (Å²) in [5.74, 6) is -0.153. The third kappa shape index (κ3) is 5.47. The van der Waals surface area contributed by atoms with Gasteiger partial charge in [-0.05, 0) is 24.6 Å². The highest BCUT2D eigenvalue weighted by Crippen LogP contribution is 2.20. The molecule has 0 spiro atoms. The number of benzene rings is 2. The molecule has 7 heteroatoms. The van der Waals surface area contributed by atoms with E-state index in [2.05, 4.69) is 39.7 Å². The quantitative estimate of drug-likeness (QED) is 0.360. The Kier molecular flexibility index (Phi) is 7.28. The average Bonchev–Trinajstić information content (AvgIpc) is 2.71. The molecular weight excluding hydrogens is 376 g/mol. The van der Waals surface area contributed by atoms with Gasteiger partial charge in [-0.15, -0.1) is 5.10 Å². The second-order valence-electron chi connectivity index (χ2n) is 6.50. The van der Waals surface area contributed by atoms with Gasteiger partial charge < -0.3 is 9.64 Å². The van der Waals surface area contributed by atoms with Crippen LogP contribution in [0.2, 0.25) is 5.02 Å². The maximum Gasteiger partial charge on any atom is 0.375 e. The second kappa shape index (κ2) is 10.1. The normalized spacial score (nSPS) is 15.4. The molecule has 0 aliphatic carbocycles. The molecule has 2 aromatic rings. The Bertz CT molecular complexity index is 805. The summed E-state index contributed by atoms with van der Waals surface area (Å²) in [6, 6.07) is 17.7. The van der Waals surface area contributed by atoms with E-state index in [0.717, 1.165) is 19.6 Å². The number of carbonyl (C=O) groups excluding carboxylic acids is 1. The highest BCUT2D eigenvalue weighted by molar-refractivity contribution is 6.35. The number of anilines is 1. The number of nitrogens with zero attached hydrogens (tertiary/aromatic N) is 3. The van der Waals surface area contributed by atoms with E-state index in [0.29, 0.717) is 30.4 Å². The Hall–Kier alpha value is -2.57. The van der Waals surface area contributed by atoms with Gasteiger partial charge in [-0.3, -0.25) is 10.3 Å². The van der Waals surface area contributed by atoms with Crippen molar-refractivity contribution >= 4 is 29.1 Å². The summed E-state index contributed by atoms with van der Waals surface area (Å²) >= 11 is 6.16. The summed E-state index contributed by atoms with van der Waals surface area (Å²) in [5, 5.41) is 4.86. The Morgan fingerprint density at radius 3 is 2.43 bits per heavy atom. The van der Waals surface area contributed by atoms with E-state index in [1.54, 1.807) is 13.0 Å². The van der Waals surface area contributed by atoms with Crippen LogP contribution in [0.5, 0.6) is 0 Å². The average molecular weight is 401 g/mol. The van der Waals surface area contributed by atoms with Crippen LogP contribution >= 0.6 is 11.6 Å². The predicted molar refractivity (Wildman–Crippen MR) is 112 cm³/mol. The summed E-state index contributed by atoms with van der Waals surface area (Å²) in [7, 11) is 0. The molecule has 1 fully saturated rings. The molecule has 1 N–H and O–H groups in total. The van der Waals surface area contributed by atoms with Crippen LogP contribution in [0, 0.1) is 0 Å². The molecule has 2 aromatic carbocycles. The van der Waals surface area contributed by atoms with Gasteiger partial charge in [0, 0.05) is 32.7 Å². The first kappa shape index (κ1) is 20.2. The Morgan fingerprint density at radius 2 is 1.75 bits per heavy atom. The summed E-state index contributed by atoms with van der Waals surface area (Å²) in [6.07, 6.45) is 0. The highest BCUT2D eigenvalue weighted by Gasteiger charge is 2.25. The fourth-order valence-electron chi connectivity index (χ4n) is 3.07. The standard InChI is InChI=1S/C21H25ClN4O2/c1-2-28-21(27)20(24-23-19-11-7-6-10-18(19)22)26-14-12-25(13-15-26)16-17-8-4-3-5-9-17/h3-11,23H,2,12-16H2,1H3/b24-20-. The molecule has 0 atom stereocenters. The van der Waals surface area contributed by atoms with Crippen molar-refractivity contribution in [1.82, 2.24) is 9.80 Å². The molecule has 0 bridgehead atoms. The lowest BCUT2D eigenvalue weighted by atomic mass is 10.2. The molecule has 0 saturated carbocycles. The van der Waals surface area contributed by atoms with Crippen LogP contribution in [0.1, 0.15) is 12.5 Å². The van der Waals surface area contributed by atoms with Gasteiger partial charge in [0.15, 0.2) is 0 Å². The van der Waals surface area contributed by atoms with Crippen LogP contribution in [0.3, 0.4) is 0 Å². The van der Waals surface area contributed by atoms with E-state index in [1.165, 1.54) is 5.56 Å². The number of para-hydroxylation sites is 1. The third-order valence-corrected chi connectivity index (χ3v) is 4.86. The molecule has 148 valence electrons. The van der Waals surface area contributed by atoms with E-state index < -0.39 is 5.97 Å². The van der Waals surface area contributed by atoms with Crippen molar-refractivity contribution in [3.63, 3.8) is 0 Å². The molecule has 1 saturated heterocycles. The van der Waals surface area contributed by atoms with E-state index >= 15 is 0 Å². The first-order valence-corrected chi connectivity index (χ1v) is 9.81. The Morgan fingerprint density at radius 1 is 1.07 bits per heavy atom. The lowest BCUT2D eigenvalue weighted by molar-refractivity contribution is -0.136. The summed E-state index contributed by atoms with van der Waals surface area (Å²) in [5.41, 5.74) is 4.84. The van der Waals surface area contributed by atoms with Crippen LogP contribution < -0.4 is 5.43 Å². The van der Waals surface area contributed by atoms with Gasteiger partial charge in [0.25, 0.3) is 0 Å². The summed E-state index contributed by atoms with van der Waals surface area (Å²) < 4.78 is 5.20. The zero-order valence-electron chi connectivity index (χ0n) is 16.0. The van der Waals surface area contributed by atoms with Crippen LogP contribution in [0.25, 0.3) is 0 Å². The molecule has 0 aromatic heterocycles. The highest BCUT2D eigenvalue weighted by atomic mass is 35.5. The Balaban J connectivity index is 1.65. The summed E-state index contributed by atoms with van der Waals surface area (Å²) in [4.78, 5) is 16.8. The minimum absolute atomic E-state index is 0.279. The van der Waals surface area contributed by atoms with Crippen LogP contribution in [-0.4, -0.2) is 54.4 Å². The van der Waals surface area contributed by atoms with Crippen molar-refractivity contribution in [2.24, 2.45) is 5.10 Å². The van der Waals surface area contributed by atoms with Crippen molar-refractivity contribution in [1.29, 1.82) is 0 Å². The van der Waals surface area contributed by atoms with Crippen molar-refractivity contribution in [3.05, 3.63) is 65.2 Å². The number of halogens is 1. The number of rotatable bonds is 5. The zero-order chi connectivity index (χ0) is 19.8. The van der Waals surface area contributed by atoms with E-state index in [1.807, 2.05) is 29.2 Å². The van der Waals surface area contributed by atoms with Crippen LogP contribution in [0.15, 0.2) is 59.7 Å². The number of ether oxygens (including phenoxy) is 1. The number of hydrogen-bond acceptors (Lipinski definition) is 5. The van der Waals surface area contributed by atoms with Gasteiger partial charge >= 0.3 is 5.97 Å². The van der Waals surface area contributed by atoms with E-state index in [-0.39, 0.29) is 5.84 Å². The summed E-state index contributed by atoms with van der Waals surface area (Å²) in [6.45, 7) is 6.09.